The summed E-state index contributed by atoms with van der Waals surface area (Å²) in [6.07, 6.45) is 5.05. The Balaban J connectivity index is 1.30. The van der Waals surface area contributed by atoms with Crippen LogP contribution in [0, 0.1) is 0 Å². The minimum atomic E-state index is -0.151. The first-order chi connectivity index (χ1) is 12.7. The van der Waals surface area contributed by atoms with Gasteiger partial charge in [0, 0.05) is 32.1 Å². The molecule has 1 saturated carbocycles. The first-order valence-corrected chi connectivity index (χ1v) is 8.86. The summed E-state index contributed by atoms with van der Waals surface area (Å²) in [5.41, 5.74) is 0.783. The van der Waals surface area contributed by atoms with Gasteiger partial charge in [-0.25, -0.2) is 0 Å². The van der Waals surface area contributed by atoms with Crippen molar-refractivity contribution < 1.29 is 9.32 Å². The lowest BCUT2D eigenvalue weighted by molar-refractivity contribution is 0.0663. The van der Waals surface area contributed by atoms with Crippen LogP contribution in [0.3, 0.4) is 0 Å². The van der Waals surface area contributed by atoms with Gasteiger partial charge in [0.15, 0.2) is 11.5 Å². The Hall–Kier alpha value is -2.97. The van der Waals surface area contributed by atoms with Crippen molar-refractivity contribution in [1.29, 1.82) is 0 Å². The zero-order chi connectivity index (χ0) is 17.7. The first-order valence-electron chi connectivity index (χ1n) is 8.86. The van der Waals surface area contributed by atoms with Crippen molar-refractivity contribution in [2.75, 3.05) is 25.0 Å². The number of aromatic nitrogens is 5. The van der Waals surface area contributed by atoms with Crippen LogP contribution in [-0.2, 0) is 0 Å². The molecule has 0 bridgehead atoms. The SMILES string of the molecule is CN(C(=O)c1ccno1)C1CN(c2ccc3nnc(C4CCC4)n3n2)C1. The van der Waals surface area contributed by atoms with Gasteiger partial charge >= 0.3 is 0 Å². The molecule has 26 heavy (non-hydrogen) atoms. The van der Waals surface area contributed by atoms with E-state index in [4.69, 9.17) is 9.62 Å². The van der Waals surface area contributed by atoms with Crippen LogP contribution < -0.4 is 4.90 Å². The highest BCUT2D eigenvalue weighted by Crippen LogP contribution is 2.35. The van der Waals surface area contributed by atoms with Gasteiger partial charge in [0.05, 0.1) is 12.2 Å². The van der Waals surface area contributed by atoms with Crippen LogP contribution in [0.2, 0.25) is 0 Å². The van der Waals surface area contributed by atoms with Crippen molar-refractivity contribution >= 4 is 17.4 Å². The number of carbonyl (C=O) groups excluding carboxylic acids is 1. The van der Waals surface area contributed by atoms with Gasteiger partial charge in [0.1, 0.15) is 5.82 Å². The molecule has 0 atom stereocenters. The van der Waals surface area contributed by atoms with Gasteiger partial charge in [-0.1, -0.05) is 11.6 Å². The van der Waals surface area contributed by atoms with Crippen LogP contribution in [0.15, 0.2) is 28.9 Å². The Morgan fingerprint density at radius 3 is 2.77 bits per heavy atom. The fourth-order valence-corrected chi connectivity index (χ4v) is 3.44. The maximum atomic E-state index is 12.3. The van der Waals surface area contributed by atoms with E-state index in [2.05, 4.69) is 20.3 Å². The second-order valence-electron chi connectivity index (χ2n) is 7.00. The molecule has 3 aromatic rings. The molecule has 9 heteroatoms. The largest absolute Gasteiger partial charge is 0.351 e. The van der Waals surface area contributed by atoms with E-state index in [-0.39, 0.29) is 17.7 Å². The number of nitrogens with zero attached hydrogens (tertiary/aromatic N) is 7. The minimum absolute atomic E-state index is 0.122. The number of likely N-dealkylation sites (N-methyl/N-ethyl adjacent to an activating group) is 1. The fraction of sp³-hybridized carbons (Fsp3) is 0.471. The average molecular weight is 353 g/mol. The third-order valence-corrected chi connectivity index (χ3v) is 5.45. The molecule has 1 aliphatic heterocycles. The summed E-state index contributed by atoms with van der Waals surface area (Å²) in [6, 6.07) is 5.62. The highest BCUT2D eigenvalue weighted by Gasteiger charge is 2.35. The van der Waals surface area contributed by atoms with Crippen LogP contribution in [0.1, 0.15) is 41.6 Å². The molecule has 1 aliphatic carbocycles. The Bertz CT molecular complexity index is 941. The standard InChI is InChI=1S/C17H19N7O2/c1-22(17(25)13-7-8-18-26-13)12-9-23(10-12)15-6-5-14-19-20-16(24(14)21-15)11-3-2-4-11/h5-8,11-12H,2-4,9-10H2,1H3. The van der Waals surface area contributed by atoms with Gasteiger partial charge < -0.3 is 14.3 Å². The molecule has 1 saturated heterocycles. The van der Waals surface area contributed by atoms with Crippen molar-refractivity contribution in [3.05, 3.63) is 36.0 Å². The van der Waals surface area contributed by atoms with Gasteiger partial charge in [-0.15, -0.1) is 15.3 Å². The van der Waals surface area contributed by atoms with E-state index in [1.807, 2.05) is 16.6 Å². The lowest BCUT2D eigenvalue weighted by Gasteiger charge is -2.44. The predicted molar refractivity (Wildman–Crippen MR) is 92.0 cm³/mol. The lowest BCUT2D eigenvalue weighted by atomic mass is 9.85. The van der Waals surface area contributed by atoms with Crippen LogP contribution in [-0.4, -0.2) is 62.0 Å². The van der Waals surface area contributed by atoms with Crippen LogP contribution in [0.4, 0.5) is 5.82 Å². The second kappa shape index (κ2) is 5.79. The van der Waals surface area contributed by atoms with Gasteiger partial charge in [-0.3, -0.25) is 4.79 Å². The number of fused-ring (bicyclic) bond motifs is 1. The molecular formula is C17H19N7O2. The van der Waals surface area contributed by atoms with Crippen molar-refractivity contribution in [3.63, 3.8) is 0 Å². The molecule has 2 aliphatic rings. The molecule has 2 fully saturated rings. The number of carbonyl (C=O) groups is 1. The van der Waals surface area contributed by atoms with Crippen LogP contribution >= 0.6 is 0 Å². The molecule has 0 aromatic carbocycles. The van der Waals surface area contributed by atoms with Gasteiger partial charge in [0.25, 0.3) is 5.91 Å². The van der Waals surface area contributed by atoms with Crippen molar-refractivity contribution in [2.45, 2.75) is 31.2 Å². The predicted octanol–water partition coefficient (Wildman–Crippen LogP) is 1.34. The quantitative estimate of drug-likeness (QED) is 0.699. The summed E-state index contributed by atoms with van der Waals surface area (Å²) in [5.74, 6) is 2.43. The second-order valence-corrected chi connectivity index (χ2v) is 7.00. The molecule has 0 radical (unpaired) electrons. The summed E-state index contributed by atoms with van der Waals surface area (Å²) < 4.78 is 6.82. The molecule has 5 rings (SSSR count). The molecular weight excluding hydrogens is 334 g/mol. The van der Waals surface area contributed by atoms with E-state index >= 15 is 0 Å². The first kappa shape index (κ1) is 15.3. The molecule has 0 spiro atoms. The van der Waals surface area contributed by atoms with Gasteiger partial charge in [-0.05, 0) is 25.0 Å². The number of hydrogen-bond acceptors (Lipinski definition) is 7. The minimum Gasteiger partial charge on any atom is -0.351 e. The van der Waals surface area contributed by atoms with E-state index in [1.54, 1.807) is 18.0 Å². The number of amides is 1. The maximum absolute atomic E-state index is 12.3. The topological polar surface area (TPSA) is 92.7 Å². The normalized spacial score (nSPS) is 18.0. The number of rotatable bonds is 4. The summed E-state index contributed by atoms with van der Waals surface area (Å²) in [7, 11) is 1.79. The maximum Gasteiger partial charge on any atom is 0.292 e. The lowest BCUT2D eigenvalue weighted by Crippen LogP contribution is -2.60. The highest BCUT2D eigenvalue weighted by molar-refractivity contribution is 5.91. The van der Waals surface area contributed by atoms with Crippen molar-refractivity contribution in [2.24, 2.45) is 0 Å². The summed E-state index contributed by atoms with van der Waals surface area (Å²) in [5, 5.41) is 16.9. The molecule has 4 heterocycles. The summed E-state index contributed by atoms with van der Waals surface area (Å²) in [6.45, 7) is 1.46. The van der Waals surface area contributed by atoms with E-state index in [0.29, 0.717) is 5.92 Å². The Kier molecular flexibility index (Phi) is 3.41. The zero-order valence-electron chi connectivity index (χ0n) is 14.4. The molecule has 0 unspecified atom stereocenters. The molecule has 3 aromatic heterocycles. The van der Waals surface area contributed by atoms with Crippen molar-refractivity contribution in [1.82, 2.24) is 29.9 Å². The van der Waals surface area contributed by atoms with Gasteiger partial charge in [-0.2, -0.15) is 4.52 Å². The Labute approximate surface area is 149 Å². The van der Waals surface area contributed by atoms with Gasteiger partial charge in [0.2, 0.25) is 5.76 Å². The molecule has 134 valence electrons. The zero-order valence-corrected chi connectivity index (χ0v) is 14.4. The third-order valence-electron chi connectivity index (χ3n) is 5.45. The van der Waals surface area contributed by atoms with Crippen LogP contribution in [0.25, 0.3) is 5.65 Å². The highest BCUT2D eigenvalue weighted by atomic mass is 16.5. The third kappa shape index (κ3) is 2.34. The van der Waals surface area contributed by atoms with E-state index in [9.17, 15) is 4.79 Å². The molecule has 9 nitrogen and oxygen atoms in total. The molecule has 0 N–H and O–H groups in total. The average Bonchev–Trinajstić information content (AvgIpc) is 3.21. The Morgan fingerprint density at radius 1 is 1.23 bits per heavy atom. The van der Waals surface area contributed by atoms with E-state index in [0.717, 1.165) is 43.2 Å². The Morgan fingerprint density at radius 2 is 2.08 bits per heavy atom. The summed E-state index contributed by atoms with van der Waals surface area (Å²) >= 11 is 0. The number of anilines is 1. The molecule has 1 amide bonds. The van der Waals surface area contributed by atoms with E-state index < -0.39 is 0 Å². The van der Waals surface area contributed by atoms with Crippen LogP contribution in [0.5, 0.6) is 0 Å². The monoisotopic (exact) mass is 353 g/mol. The van der Waals surface area contributed by atoms with Crippen molar-refractivity contribution in [3.8, 4) is 0 Å². The van der Waals surface area contributed by atoms with E-state index in [1.165, 1.54) is 12.6 Å². The smallest absolute Gasteiger partial charge is 0.292 e. The number of hydrogen-bond donors (Lipinski definition) is 0. The fourth-order valence-electron chi connectivity index (χ4n) is 3.44. The summed E-state index contributed by atoms with van der Waals surface area (Å²) in [4.78, 5) is 16.2.